The zero-order valence-corrected chi connectivity index (χ0v) is 15.1. The van der Waals surface area contributed by atoms with Gasteiger partial charge in [-0.2, -0.15) is 0 Å². The van der Waals surface area contributed by atoms with Crippen molar-refractivity contribution in [3.8, 4) is 0 Å². The number of carboxylic acid groups (broad SMARTS) is 1. The number of hydrogen-bond acceptors (Lipinski definition) is 4. The van der Waals surface area contributed by atoms with Gasteiger partial charge in [-0.25, -0.2) is 9.78 Å². The minimum atomic E-state index is -0.880. The van der Waals surface area contributed by atoms with Gasteiger partial charge in [0.15, 0.2) is 5.89 Å². The van der Waals surface area contributed by atoms with Gasteiger partial charge in [0.05, 0.1) is 12.2 Å². The maximum atomic E-state index is 12.2. The van der Waals surface area contributed by atoms with Crippen LogP contribution >= 0.6 is 0 Å². The number of nitrogens with one attached hydrogen (secondary N) is 2. The van der Waals surface area contributed by atoms with Gasteiger partial charge in [0, 0.05) is 18.9 Å². The van der Waals surface area contributed by atoms with Crippen molar-refractivity contribution in [1.29, 1.82) is 0 Å². The number of aromatic nitrogens is 1. The van der Waals surface area contributed by atoms with Gasteiger partial charge in [0.1, 0.15) is 5.76 Å². The van der Waals surface area contributed by atoms with E-state index in [1.54, 1.807) is 0 Å². The van der Waals surface area contributed by atoms with Crippen LogP contribution in [0.3, 0.4) is 0 Å². The maximum absolute atomic E-state index is 12.2. The van der Waals surface area contributed by atoms with Gasteiger partial charge in [0.2, 0.25) is 0 Å². The Kier molecular flexibility index (Phi) is 7.20. The van der Waals surface area contributed by atoms with Crippen molar-refractivity contribution in [1.82, 2.24) is 15.6 Å². The molecule has 1 heterocycles. The molecule has 1 atom stereocenters. The molecular formula is C19H25N3O4. The molecule has 2 amide bonds. The van der Waals surface area contributed by atoms with Crippen LogP contribution in [0.1, 0.15) is 42.7 Å². The summed E-state index contributed by atoms with van der Waals surface area (Å²) >= 11 is 0. The highest BCUT2D eigenvalue weighted by atomic mass is 16.4. The average Bonchev–Trinajstić information content (AvgIpc) is 2.99. The fourth-order valence-corrected chi connectivity index (χ4v) is 2.62. The number of aliphatic carboxylic acids is 1. The van der Waals surface area contributed by atoms with E-state index in [2.05, 4.69) is 15.6 Å². The Morgan fingerprint density at radius 1 is 1.27 bits per heavy atom. The van der Waals surface area contributed by atoms with Crippen molar-refractivity contribution < 1.29 is 19.1 Å². The standard InChI is InChI=1S/C19H25N3O4/c1-3-17-21-13(2)16(26-17)12-20-19(25)22-15(9-10-18(23)24)11-14-7-5-4-6-8-14/h4-8,15H,3,9-12H2,1-2H3,(H,23,24)(H2,20,22,25). The number of oxazole rings is 1. The monoisotopic (exact) mass is 359 g/mol. The lowest BCUT2D eigenvalue weighted by Crippen LogP contribution is -2.43. The third-order valence-corrected chi connectivity index (χ3v) is 4.02. The Labute approximate surface area is 152 Å². The molecule has 140 valence electrons. The van der Waals surface area contributed by atoms with Gasteiger partial charge in [-0.3, -0.25) is 4.79 Å². The van der Waals surface area contributed by atoms with Crippen LogP contribution in [0.25, 0.3) is 0 Å². The molecule has 0 fully saturated rings. The molecule has 1 aromatic heterocycles. The second-order valence-electron chi connectivity index (χ2n) is 6.12. The number of benzene rings is 1. The van der Waals surface area contributed by atoms with Crippen molar-refractivity contribution in [3.05, 3.63) is 53.2 Å². The molecular weight excluding hydrogens is 334 g/mol. The molecule has 26 heavy (non-hydrogen) atoms. The molecule has 1 unspecified atom stereocenters. The summed E-state index contributed by atoms with van der Waals surface area (Å²) in [6.45, 7) is 4.02. The SMILES string of the molecule is CCc1nc(C)c(CNC(=O)NC(CCC(=O)O)Cc2ccccc2)o1. The van der Waals surface area contributed by atoms with Gasteiger partial charge < -0.3 is 20.2 Å². The van der Waals surface area contributed by atoms with Gasteiger partial charge in [-0.15, -0.1) is 0 Å². The zero-order chi connectivity index (χ0) is 18.9. The topological polar surface area (TPSA) is 104 Å². The van der Waals surface area contributed by atoms with Crippen LogP contribution in [-0.2, 0) is 24.2 Å². The summed E-state index contributed by atoms with van der Waals surface area (Å²) in [5.41, 5.74) is 1.80. The molecule has 2 rings (SSSR count). The van der Waals surface area contributed by atoms with Crippen LogP contribution in [-0.4, -0.2) is 28.1 Å². The Bertz CT molecular complexity index is 728. The summed E-state index contributed by atoms with van der Waals surface area (Å²) in [7, 11) is 0. The number of hydrogen-bond donors (Lipinski definition) is 3. The third kappa shape index (κ3) is 6.23. The predicted octanol–water partition coefficient (Wildman–Crippen LogP) is 2.82. The highest BCUT2D eigenvalue weighted by Gasteiger charge is 2.16. The van der Waals surface area contributed by atoms with Crippen LogP contribution < -0.4 is 10.6 Å². The number of rotatable bonds is 9. The van der Waals surface area contributed by atoms with Crippen LogP contribution in [0.5, 0.6) is 0 Å². The zero-order valence-electron chi connectivity index (χ0n) is 15.1. The Balaban J connectivity index is 1.91. The molecule has 0 bridgehead atoms. The lowest BCUT2D eigenvalue weighted by Gasteiger charge is -2.18. The molecule has 0 aliphatic heterocycles. The first kappa shape index (κ1) is 19.5. The number of urea groups is 1. The first-order valence-electron chi connectivity index (χ1n) is 8.73. The molecule has 3 N–H and O–H groups in total. The van der Waals surface area contributed by atoms with E-state index in [-0.39, 0.29) is 25.0 Å². The minimum Gasteiger partial charge on any atom is -0.481 e. The summed E-state index contributed by atoms with van der Waals surface area (Å²) in [6, 6.07) is 9.04. The summed E-state index contributed by atoms with van der Waals surface area (Å²) in [4.78, 5) is 27.4. The summed E-state index contributed by atoms with van der Waals surface area (Å²) in [5.74, 6) is 0.389. The van der Waals surface area contributed by atoms with E-state index < -0.39 is 5.97 Å². The normalized spacial score (nSPS) is 11.8. The summed E-state index contributed by atoms with van der Waals surface area (Å²) in [6.07, 6.45) is 1.63. The predicted molar refractivity (Wildman–Crippen MR) is 96.8 cm³/mol. The molecule has 7 heteroatoms. The van der Waals surface area contributed by atoms with Crippen molar-refractivity contribution in [3.63, 3.8) is 0 Å². The molecule has 0 spiro atoms. The second kappa shape index (κ2) is 9.60. The lowest BCUT2D eigenvalue weighted by molar-refractivity contribution is -0.137. The number of amides is 2. The van der Waals surface area contributed by atoms with Crippen LogP contribution in [0.2, 0.25) is 0 Å². The van der Waals surface area contributed by atoms with Crippen LogP contribution in [0.4, 0.5) is 4.79 Å². The first-order chi connectivity index (χ1) is 12.5. The van der Waals surface area contributed by atoms with E-state index in [4.69, 9.17) is 9.52 Å². The third-order valence-electron chi connectivity index (χ3n) is 4.02. The highest BCUT2D eigenvalue weighted by Crippen LogP contribution is 2.11. The van der Waals surface area contributed by atoms with E-state index >= 15 is 0 Å². The molecule has 2 aromatic rings. The molecule has 7 nitrogen and oxygen atoms in total. The number of nitrogens with zero attached hydrogens (tertiary/aromatic N) is 1. The quantitative estimate of drug-likeness (QED) is 0.638. The summed E-state index contributed by atoms with van der Waals surface area (Å²) in [5, 5.41) is 14.5. The molecule has 0 saturated heterocycles. The number of aryl methyl sites for hydroxylation is 2. The van der Waals surface area contributed by atoms with E-state index in [1.165, 1.54) is 0 Å². The first-order valence-corrected chi connectivity index (χ1v) is 8.73. The Morgan fingerprint density at radius 3 is 2.62 bits per heavy atom. The molecule has 0 aliphatic carbocycles. The molecule has 0 saturated carbocycles. The Morgan fingerprint density at radius 2 is 2.00 bits per heavy atom. The second-order valence-corrected chi connectivity index (χ2v) is 6.12. The molecule has 0 radical (unpaired) electrons. The fourth-order valence-electron chi connectivity index (χ4n) is 2.62. The van der Waals surface area contributed by atoms with E-state index in [1.807, 2.05) is 44.2 Å². The van der Waals surface area contributed by atoms with Crippen molar-refractivity contribution in [2.75, 3.05) is 0 Å². The highest BCUT2D eigenvalue weighted by molar-refractivity contribution is 5.74. The van der Waals surface area contributed by atoms with Crippen molar-refractivity contribution >= 4 is 12.0 Å². The van der Waals surface area contributed by atoms with Gasteiger partial charge in [-0.1, -0.05) is 37.3 Å². The number of carbonyl (C=O) groups excluding carboxylic acids is 1. The smallest absolute Gasteiger partial charge is 0.315 e. The van der Waals surface area contributed by atoms with Crippen molar-refractivity contribution in [2.24, 2.45) is 0 Å². The maximum Gasteiger partial charge on any atom is 0.315 e. The average molecular weight is 359 g/mol. The van der Waals surface area contributed by atoms with Crippen LogP contribution in [0, 0.1) is 6.92 Å². The van der Waals surface area contributed by atoms with Gasteiger partial charge in [-0.05, 0) is 25.3 Å². The summed E-state index contributed by atoms with van der Waals surface area (Å²) < 4.78 is 5.56. The Hall–Kier alpha value is -2.83. The van der Waals surface area contributed by atoms with E-state index in [9.17, 15) is 9.59 Å². The largest absolute Gasteiger partial charge is 0.481 e. The van der Waals surface area contributed by atoms with E-state index in [0.717, 1.165) is 11.3 Å². The molecule has 0 aliphatic rings. The number of carboxylic acids is 1. The van der Waals surface area contributed by atoms with Crippen molar-refractivity contribution in [2.45, 2.75) is 52.1 Å². The molecule has 1 aromatic carbocycles. The fraction of sp³-hybridized carbons (Fsp3) is 0.421. The van der Waals surface area contributed by atoms with Gasteiger partial charge in [0.25, 0.3) is 0 Å². The minimum absolute atomic E-state index is 0.00114. The van der Waals surface area contributed by atoms with Crippen LogP contribution in [0.15, 0.2) is 34.7 Å². The lowest BCUT2D eigenvalue weighted by atomic mass is 10.0. The number of carbonyl (C=O) groups is 2. The van der Waals surface area contributed by atoms with E-state index in [0.29, 0.717) is 30.9 Å². The van der Waals surface area contributed by atoms with Gasteiger partial charge >= 0.3 is 12.0 Å².